The number of carbonyl (C=O) groups excluding carboxylic acids is 2. The Morgan fingerprint density at radius 1 is 1.30 bits per heavy atom. The van der Waals surface area contributed by atoms with Crippen LogP contribution in [0.25, 0.3) is 0 Å². The maximum Gasteiger partial charge on any atom is 0.223 e. The Morgan fingerprint density at radius 3 is 2.81 bits per heavy atom. The molecule has 1 aliphatic carbocycles. The number of rotatable bonds is 8. The van der Waals surface area contributed by atoms with Crippen molar-refractivity contribution in [2.45, 2.75) is 44.1 Å². The molecule has 3 atom stereocenters. The van der Waals surface area contributed by atoms with Gasteiger partial charge in [-0.3, -0.25) is 9.59 Å². The zero-order valence-electron chi connectivity index (χ0n) is 15.4. The Bertz CT molecular complexity index is 701. The smallest absolute Gasteiger partial charge is 0.223 e. The predicted molar refractivity (Wildman–Crippen MR) is 99.0 cm³/mol. The van der Waals surface area contributed by atoms with Gasteiger partial charge in [-0.05, 0) is 30.5 Å². The summed E-state index contributed by atoms with van der Waals surface area (Å²) in [5, 5.41) is 15.3. The Balaban J connectivity index is 1.48. The molecule has 0 unspecified atom stereocenters. The van der Waals surface area contributed by atoms with E-state index in [2.05, 4.69) is 10.6 Å². The Hall–Kier alpha value is -2.38. The van der Waals surface area contributed by atoms with Crippen molar-refractivity contribution in [2.75, 3.05) is 13.7 Å². The molecule has 1 heterocycles. The second-order valence-corrected chi connectivity index (χ2v) is 6.92. The van der Waals surface area contributed by atoms with Gasteiger partial charge in [0.05, 0.1) is 32.3 Å². The first kappa shape index (κ1) is 19.4. The van der Waals surface area contributed by atoms with Crippen molar-refractivity contribution < 1.29 is 24.2 Å². The van der Waals surface area contributed by atoms with Gasteiger partial charge in [0.2, 0.25) is 11.8 Å². The van der Waals surface area contributed by atoms with Crippen molar-refractivity contribution >= 4 is 11.8 Å². The van der Waals surface area contributed by atoms with Crippen molar-refractivity contribution in [3.05, 3.63) is 42.0 Å². The highest BCUT2D eigenvalue weighted by Crippen LogP contribution is 2.29. The van der Waals surface area contributed by atoms with Crippen LogP contribution in [-0.2, 0) is 20.9 Å². The molecule has 2 amide bonds. The van der Waals surface area contributed by atoms with E-state index in [1.165, 1.54) is 0 Å². The molecule has 1 fully saturated rings. The lowest BCUT2D eigenvalue weighted by Gasteiger charge is -2.31. The molecule has 1 aromatic carbocycles. The highest BCUT2D eigenvalue weighted by Gasteiger charge is 2.34. The molecule has 1 aliphatic heterocycles. The van der Waals surface area contributed by atoms with Crippen LogP contribution in [-0.4, -0.2) is 48.9 Å². The number of nitrogens with one attached hydrogen (secondary N) is 2. The summed E-state index contributed by atoms with van der Waals surface area (Å²) < 4.78 is 10.9. The van der Waals surface area contributed by atoms with Crippen LogP contribution in [0, 0.1) is 5.92 Å². The quantitative estimate of drug-likeness (QED) is 0.588. The molecule has 0 radical (unpaired) electrons. The Morgan fingerprint density at radius 2 is 2.11 bits per heavy atom. The Labute approximate surface area is 158 Å². The van der Waals surface area contributed by atoms with E-state index in [0.717, 1.165) is 24.2 Å². The zero-order valence-corrected chi connectivity index (χ0v) is 15.4. The fourth-order valence-corrected chi connectivity index (χ4v) is 3.00. The minimum Gasteiger partial charge on any atom is -0.497 e. The topological polar surface area (TPSA) is 96.9 Å². The number of ether oxygens (including phenoxy) is 2. The number of benzene rings is 1. The van der Waals surface area contributed by atoms with Crippen molar-refractivity contribution in [3.8, 4) is 5.75 Å². The minimum atomic E-state index is -0.547. The highest BCUT2D eigenvalue weighted by atomic mass is 16.5. The number of aliphatic hydroxyl groups excluding tert-OH is 1. The van der Waals surface area contributed by atoms with Gasteiger partial charge in [-0.2, -0.15) is 0 Å². The van der Waals surface area contributed by atoms with Crippen LogP contribution >= 0.6 is 0 Å². The Kier molecular flexibility index (Phi) is 6.47. The van der Waals surface area contributed by atoms with Crippen LogP contribution in [0.2, 0.25) is 0 Å². The van der Waals surface area contributed by atoms with Gasteiger partial charge in [-0.25, -0.2) is 0 Å². The fraction of sp³-hybridized carbons (Fsp3) is 0.500. The number of carbonyl (C=O) groups is 2. The highest BCUT2D eigenvalue weighted by molar-refractivity contribution is 5.81. The molecule has 0 spiro atoms. The first-order valence-corrected chi connectivity index (χ1v) is 9.23. The summed E-state index contributed by atoms with van der Waals surface area (Å²) in [5.74, 6) is 0.689. The van der Waals surface area contributed by atoms with E-state index in [0.29, 0.717) is 6.54 Å². The van der Waals surface area contributed by atoms with E-state index in [1.807, 2.05) is 30.3 Å². The monoisotopic (exact) mass is 374 g/mol. The molecule has 146 valence electrons. The second kappa shape index (κ2) is 9.01. The molecule has 27 heavy (non-hydrogen) atoms. The summed E-state index contributed by atoms with van der Waals surface area (Å²) >= 11 is 0. The SMILES string of the molecule is COc1cccc(CNC(=O)C[C@@H]2C=C[C@H](NC(=O)C3CC3)[C@@H](CO)O2)c1. The lowest BCUT2D eigenvalue weighted by atomic mass is 10.0. The average Bonchev–Trinajstić information content (AvgIpc) is 3.53. The molecular formula is C20H26N2O5. The number of aliphatic hydroxyl groups is 1. The first-order chi connectivity index (χ1) is 13.1. The summed E-state index contributed by atoms with van der Waals surface area (Å²) in [5.41, 5.74) is 0.943. The van der Waals surface area contributed by atoms with Crippen molar-refractivity contribution in [1.29, 1.82) is 0 Å². The largest absolute Gasteiger partial charge is 0.497 e. The molecule has 7 nitrogen and oxygen atoms in total. The number of hydrogen-bond acceptors (Lipinski definition) is 5. The van der Waals surface area contributed by atoms with E-state index >= 15 is 0 Å². The molecule has 0 saturated heterocycles. The normalized spacial score (nSPS) is 24.3. The molecule has 1 saturated carbocycles. The molecule has 3 N–H and O–H groups in total. The van der Waals surface area contributed by atoms with Gasteiger partial charge in [-0.15, -0.1) is 0 Å². The van der Waals surface area contributed by atoms with E-state index in [4.69, 9.17) is 9.47 Å². The van der Waals surface area contributed by atoms with E-state index < -0.39 is 12.2 Å². The summed E-state index contributed by atoms with van der Waals surface area (Å²) in [6.07, 6.45) is 4.60. The lowest BCUT2D eigenvalue weighted by Crippen LogP contribution is -2.49. The molecule has 0 aromatic heterocycles. The number of amides is 2. The van der Waals surface area contributed by atoms with Crippen LogP contribution < -0.4 is 15.4 Å². The van der Waals surface area contributed by atoms with E-state index in [9.17, 15) is 14.7 Å². The van der Waals surface area contributed by atoms with Gasteiger partial charge in [0, 0.05) is 12.5 Å². The molecule has 2 aliphatic rings. The third-order valence-electron chi connectivity index (χ3n) is 4.73. The number of hydrogen-bond donors (Lipinski definition) is 3. The standard InChI is InChI=1S/C20H26N2O5/c1-26-15-4-2-3-13(9-15)11-21-19(24)10-16-7-8-17(18(12-23)27-16)22-20(25)14-5-6-14/h2-4,7-9,14,16-18,23H,5-6,10-12H2,1H3,(H,21,24)(H,22,25)/t16-,17-,18+/m0/s1. The van der Waals surface area contributed by atoms with Crippen molar-refractivity contribution in [3.63, 3.8) is 0 Å². The van der Waals surface area contributed by atoms with Crippen molar-refractivity contribution in [2.24, 2.45) is 5.92 Å². The molecule has 1 aromatic rings. The maximum atomic E-state index is 12.2. The lowest BCUT2D eigenvalue weighted by molar-refractivity contribution is -0.128. The van der Waals surface area contributed by atoms with Crippen molar-refractivity contribution in [1.82, 2.24) is 10.6 Å². The first-order valence-electron chi connectivity index (χ1n) is 9.23. The van der Waals surface area contributed by atoms with Gasteiger partial charge >= 0.3 is 0 Å². The van der Waals surface area contributed by atoms with Crippen LogP contribution in [0.15, 0.2) is 36.4 Å². The summed E-state index contributed by atoms with van der Waals surface area (Å²) in [4.78, 5) is 24.1. The van der Waals surface area contributed by atoms with Gasteiger partial charge in [-0.1, -0.05) is 24.3 Å². The zero-order chi connectivity index (χ0) is 19.2. The fourth-order valence-electron chi connectivity index (χ4n) is 3.00. The van der Waals surface area contributed by atoms with Crippen LogP contribution in [0.3, 0.4) is 0 Å². The van der Waals surface area contributed by atoms with Crippen LogP contribution in [0.4, 0.5) is 0 Å². The average molecular weight is 374 g/mol. The third-order valence-corrected chi connectivity index (χ3v) is 4.73. The maximum absolute atomic E-state index is 12.2. The van der Waals surface area contributed by atoms with Gasteiger partial charge in [0.1, 0.15) is 11.9 Å². The molecule has 7 heteroatoms. The van der Waals surface area contributed by atoms with E-state index in [-0.39, 0.29) is 36.8 Å². The van der Waals surface area contributed by atoms with Gasteiger partial charge < -0.3 is 25.2 Å². The van der Waals surface area contributed by atoms with Crippen LogP contribution in [0.1, 0.15) is 24.8 Å². The van der Waals surface area contributed by atoms with Crippen LogP contribution in [0.5, 0.6) is 5.75 Å². The molecule has 0 bridgehead atoms. The number of methoxy groups -OCH3 is 1. The van der Waals surface area contributed by atoms with Gasteiger partial charge in [0.15, 0.2) is 0 Å². The minimum absolute atomic E-state index is 0.00109. The summed E-state index contributed by atoms with van der Waals surface area (Å²) in [7, 11) is 1.60. The van der Waals surface area contributed by atoms with E-state index in [1.54, 1.807) is 13.2 Å². The molecule has 3 rings (SSSR count). The van der Waals surface area contributed by atoms with Gasteiger partial charge in [0.25, 0.3) is 0 Å². The summed E-state index contributed by atoms with van der Waals surface area (Å²) in [6, 6.07) is 7.13. The second-order valence-electron chi connectivity index (χ2n) is 6.92. The molecular weight excluding hydrogens is 348 g/mol. The predicted octanol–water partition coefficient (Wildman–Crippen LogP) is 0.912. The third kappa shape index (κ3) is 5.55. The summed E-state index contributed by atoms with van der Waals surface area (Å²) in [6.45, 7) is 0.178.